The summed E-state index contributed by atoms with van der Waals surface area (Å²) in [7, 11) is -3.65. The third-order valence-electron chi connectivity index (χ3n) is 6.41. The maximum Gasteiger partial charge on any atom is 0.241 e. The first-order valence-electron chi connectivity index (χ1n) is 12.9. The van der Waals surface area contributed by atoms with Crippen LogP contribution in [-0.4, -0.2) is 41.9 Å². The monoisotopic (exact) mass is 522 g/mol. The average molecular weight is 523 g/mol. The van der Waals surface area contributed by atoms with Gasteiger partial charge in [0, 0.05) is 34.7 Å². The Morgan fingerprint density at radius 1 is 0.946 bits per heavy atom. The van der Waals surface area contributed by atoms with Crippen LogP contribution in [0.2, 0.25) is 0 Å². The fourth-order valence-electron chi connectivity index (χ4n) is 4.46. The SMILES string of the molecule is Cc1cnc(Nc2ccc(C(C)N3CCCCC3)cc2)nc1Nc1cccc(S(=O)(=O)NC(C)(C)C)c1. The van der Waals surface area contributed by atoms with Crippen LogP contribution in [0.4, 0.5) is 23.1 Å². The van der Waals surface area contributed by atoms with Crippen LogP contribution < -0.4 is 15.4 Å². The molecular weight excluding hydrogens is 484 g/mol. The number of hydrogen-bond acceptors (Lipinski definition) is 7. The molecule has 3 N–H and O–H groups in total. The fraction of sp³-hybridized carbons (Fsp3) is 0.429. The van der Waals surface area contributed by atoms with Crippen LogP contribution in [0.1, 0.15) is 64.1 Å². The van der Waals surface area contributed by atoms with Gasteiger partial charge in [-0.2, -0.15) is 4.98 Å². The van der Waals surface area contributed by atoms with E-state index in [0.29, 0.717) is 23.5 Å². The lowest BCUT2D eigenvalue weighted by atomic mass is 10.0. The van der Waals surface area contributed by atoms with Crippen molar-refractivity contribution in [1.82, 2.24) is 19.6 Å². The second-order valence-electron chi connectivity index (χ2n) is 10.8. The Balaban J connectivity index is 1.46. The highest BCUT2D eigenvalue weighted by molar-refractivity contribution is 7.89. The van der Waals surface area contributed by atoms with Crippen molar-refractivity contribution >= 4 is 33.2 Å². The highest BCUT2D eigenvalue weighted by atomic mass is 32.2. The molecule has 0 radical (unpaired) electrons. The van der Waals surface area contributed by atoms with Gasteiger partial charge in [0.2, 0.25) is 16.0 Å². The molecule has 1 saturated heterocycles. The highest BCUT2D eigenvalue weighted by Gasteiger charge is 2.22. The fourth-order valence-corrected chi connectivity index (χ4v) is 5.92. The summed E-state index contributed by atoms with van der Waals surface area (Å²) in [5, 5.41) is 6.53. The number of rotatable bonds is 8. The van der Waals surface area contributed by atoms with E-state index in [1.807, 2.05) is 33.8 Å². The van der Waals surface area contributed by atoms with Crippen molar-refractivity contribution in [2.24, 2.45) is 0 Å². The number of nitrogens with zero attached hydrogens (tertiary/aromatic N) is 3. The standard InChI is InChI=1S/C28H38N6O2S/c1-20-19-29-27(31-23-14-12-22(13-15-23)21(2)34-16-7-6-8-17-34)32-26(20)30-24-10-9-11-25(18-24)37(35,36)33-28(3,4)5/h9-15,18-19,21,33H,6-8,16-17H2,1-5H3,(H2,29,30,31,32). The summed E-state index contributed by atoms with van der Waals surface area (Å²) in [4.78, 5) is 11.8. The van der Waals surface area contributed by atoms with E-state index in [9.17, 15) is 8.42 Å². The summed E-state index contributed by atoms with van der Waals surface area (Å²) in [5.74, 6) is 1.06. The molecule has 1 aromatic heterocycles. The molecule has 9 heteroatoms. The average Bonchev–Trinajstić information content (AvgIpc) is 2.85. The topological polar surface area (TPSA) is 99.2 Å². The van der Waals surface area contributed by atoms with Gasteiger partial charge >= 0.3 is 0 Å². The molecule has 1 aliphatic rings. The number of aromatic nitrogens is 2. The van der Waals surface area contributed by atoms with Crippen molar-refractivity contribution in [3.63, 3.8) is 0 Å². The molecule has 8 nitrogen and oxygen atoms in total. The first kappa shape index (κ1) is 27.0. The number of sulfonamides is 1. The van der Waals surface area contributed by atoms with Crippen LogP contribution in [-0.2, 0) is 10.0 Å². The van der Waals surface area contributed by atoms with E-state index in [1.165, 1.54) is 24.8 Å². The maximum absolute atomic E-state index is 12.8. The number of hydrogen-bond donors (Lipinski definition) is 3. The zero-order valence-electron chi connectivity index (χ0n) is 22.4. The van der Waals surface area contributed by atoms with Crippen molar-refractivity contribution in [2.45, 2.75) is 70.4 Å². The Kier molecular flexibility index (Phi) is 8.16. The molecule has 0 aliphatic carbocycles. The zero-order valence-corrected chi connectivity index (χ0v) is 23.2. The predicted molar refractivity (Wildman–Crippen MR) is 150 cm³/mol. The van der Waals surface area contributed by atoms with Crippen LogP contribution in [0.3, 0.4) is 0 Å². The molecule has 0 bridgehead atoms. The first-order valence-corrected chi connectivity index (χ1v) is 14.3. The predicted octanol–water partition coefficient (Wildman–Crippen LogP) is 5.90. The van der Waals surface area contributed by atoms with Crippen LogP contribution in [0.15, 0.2) is 59.6 Å². The molecule has 1 atom stereocenters. The molecule has 4 rings (SSSR count). The lowest BCUT2D eigenvalue weighted by Gasteiger charge is -2.32. The summed E-state index contributed by atoms with van der Waals surface area (Å²) in [6, 6.07) is 15.5. The minimum atomic E-state index is -3.65. The molecule has 198 valence electrons. The van der Waals surface area contributed by atoms with Gasteiger partial charge in [0.15, 0.2) is 0 Å². The van der Waals surface area contributed by atoms with Gasteiger partial charge in [-0.05, 0) is 96.4 Å². The minimum Gasteiger partial charge on any atom is -0.340 e. The van der Waals surface area contributed by atoms with Crippen molar-refractivity contribution in [3.05, 3.63) is 65.9 Å². The van der Waals surface area contributed by atoms with Gasteiger partial charge in [0.1, 0.15) is 5.82 Å². The summed E-state index contributed by atoms with van der Waals surface area (Å²) < 4.78 is 28.2. The molecule has 2 heterocycles. The third-order valence-corrected chi connectivity index (χ3v) is 8.16. The van der Waals surface area contributed by atoms with Gasteiger partial charge < -0.3 is 10.6 Å². The smallest absolute Gasteiger partial charge is 0.241 e. The van der Waals surface area contributed by atoms with Gasteiger partial charge in [-0.25, -0.2) is 18.1 Å². The van der Waals surface area contributed by atoms with E-state index in [1.54, 1.807) is 24.4 Å². The molecule has 0 spiro atoms. The molecule has 1 fully saturated rings. The van der Waals surface area contributed by atoms with Gasteiger partial charge in [-0.3, -0.25) is 4.90 Å². The molecule has 1 unspecified atom stereocenters. The number of benzene rings is 2. The van der Waals surface area contributed by atoms with E-state index in [4.69, 9.17) is 0 Å². The van der Waals surface area contributed by atoms with Crippen molar-refractivity contribution < 1.29 is 8.42 Å². The van der Waals surface area contributed by atoms with Crippen LogP contribution in [0.25, 0.3) is 0 Å². The molecule has 37 heavy (non-hydrogen) atoms. The van der Waals surface area contributed by atoms with Gasteiger partial charge in [0.25, 0.3) is 0 Å². The first-order chi connectivity index (χ1) is 17.5. The van der Waals surface area contributed by atoms with Crippen LogP contribution in [0, 0.1) is 6.92 Å². The Morgan fingerprint density at radius 2 is 1.65 bits per heavy atom. The maximum atomic E-state index is 12.8. The molecule has 0 amide bonds. The lowest BCUT2D eigenvalue weighted by Crippen LogP contribution is -2.40. The van der Waals surface area contributed by atoms with E-state index in [2.05, 4.69) is 61.4 Å². The molecule has 3 aromatic rings. The summed E-state index contributed by atoms with van der Waals surface area (Å²) in [5.41, 5.74) is 3.11. The summed E-state index contributed by atoms with van der Waals surface area (Å²) >= 11 is 0. The van der Waals surface area contributed by atoms with Crippen molar-refractivity contribution in [1.29, 1.82) is 0 Å². The highest BCUT2D eigenvalue weighted by Crippen LogP contribution is 2.27. The Labute approximate surface area is 221 Å². The largest absolute Gasteiger partial charge is 0.340 e. The van der Waals surface area contributed by atoms with Crippen molar-refractivity contribution in [3.8, 4) is 0 Å². The molecular formula is C28H38N6O2S. The molecule has 2 aromatic carbocycles. The van der Waals surface area contributed by atoms with Gasteiger partial charge in [-0.15, -0.1) is 0 Å². The zero-order chi connectivity index (χ0) is 26.6. The van der Waals surface area contributed by atoms with E-state index in [-0.39, 0.29) is 4.90 Å². The normalized spacial score (nSPS) is 15.8. The minimum absolute atomic E-state index is 0.191. The Bertz CT molecular complexity index is 1310. The third kappa shape index (κ3) is 7.28. The van der Waals surface area contributed by atoms with Gasteiger partial charge in [0.05, 0.1) is 4.90 Å². The van der Waals surface area contributed by atoms with E-state index >= 15 is 0 Å². The number of nitrogens with one attached hydrogen (secondary N) is 3. The second kappa shape index (κ2) is 11.2. The number of likely N-dealkylation sites (tertiary alicyclic amines) is 1. The van der Waals surface area contributed by atoms with Crippen molar-refractivity contribution in [2.75, 3.05) is 23.7 Å². The summed E-state index contributed by atoms with van der Waals surface area (Å²) in [6.45, 7) is 11.9. The number of anilines is 4. The van der Waals surface area contributed by atoms with Crippen LogP contribution in [0.5, 0.6) is 0 Å². The Hall–Kier alpha value is -3.01. The molecule has 0 saturated carbocycles. The number of aryl methyl sites for hydroxylation is 1. The molecule has 1 aliphatic heterocycles. The second-order valence-corrected chi connectivity index (χ2v) is 12.4. The summed E-state index contributed by atoms with van der Waals surface area (Å²) in [6.07, 6.45) is 5.63. The van der Waals surface area contributed by atoms with Crippen LogP contribution >= 0.6 is 0 Å². The number of piperidine rings is 1. The van der Waals surface area contributed by atoms with Gasteiger partial charge in [-0.1, -0.05) is 24.6 Å². The quantitative estimate of drug-likeness (QED) is 0.339. The lowest BCUT2D eigenvalue weighted by molar-refractivity contribution is 0.175. The van der Waals surface area contributed by atoms with E-state index in [0.717, 1.165) is 24.3 Å². The van der Waals surface area contributed by atoms with E-state index < -0.39 is 15.6 Å². The Morgan fingerprint density at radius 3 is 2.32 bits per heavy atom.